The summed E-state index contributed by atoms with van der Waals surface area (Å²) >= 11 is 0. The van der Waals surface area contributed by atoms with Gasteiger partial charge in [0.1, 0.15) is 24.2 Å². The molecule has 0 saturated carbocycles. The SMILES string of the molecule is Cc1ncn(-c2cc(Oc3ccc(NC(=O)c4cnn(-c5ccccc5)n4)cc3)ncn2)c1C. The molecule has 0 aliphatic carbocycles. The maximum absolute atomic E-state index is 12.6. The van der Waals surface area contributed by atoms with Gasteiger partial charge in [0.25, 0.3) is 5.91 Å². The summed E-state index contributed by atoms with van der Waals surface area (Å²) < 4.78 is 7.73. The van der Waals surface area contributed by atoms with Crippen molar-refractivity contribution in [2.45, 2.75) is 13.8 Å². The number of rotatable bonds is 6. The van der Waals surface area contributed by atoms with Gasteiger partial charge in [-0.1, -0.05) is 18.2 Å². The molecule has 0 spiro atoms. The third-order valence-corrected chi connectivity index (χ3v) is 5.17. The summed E-state index contributed by atoms with van der Waals surface area (Å²) in [6, 6.07) is 18.1. The molecule has 0 atom stereocenters. The largest absolute Gasteiger partial charge is 0.439 e. The molecule has 5 rings (SSSR count). The number of amides is 1. The lowest BCUT2D eigenvalue weighted by molar-refractivity contribution is 0.102. The molecule has 0 unspecified atom stereocenters. The van der Waals surface area contributed by atoms with Crippen molar-refractivity contribution >= 4 is 11.6 Å². The van der Waals surface area contributed by atoms with E-state index in [-0.39, 0.29) is 11.6 Å². The number of ether oxygens (including phenoxy) is 1. The molecule has 0 bridgehead atoms. The molecule has 5 aromatic rings. The summed E-state index contributed by atoms with van der Waals surface area (Å²) in [6.07, 6.45) is 4.58. The zero-order valence-corrected chi connectivity index (χ0v) is 18.5. The molecule has 0 radical (unpaired) electrons. The lowest BCUT2D eigenvalue weighted by atomic mass is 10.3. The Morgan fingerprint density at radius 1 is 0.971 bits per heavy atom. The molecule has 34 heavy (non-hydrogen) atoms. The van der Waals surface area contributed by atoms with E-state index in [1.807, 2.05) is 48.7 Å². The molecule has 0 fully saturated rings. The van der Waals surface area contributed by atoms with Gasteiger partial charge in [-0.15, -0.1) is 5.10 Å². The van der Waals surface area contributed by atoms with Gasteiger partial charge in [0, 0.05) is 17.4 Å². The number of aromatic nitrogens is 7. The van der Waals surface area contributed by atoms with Gasteiger partial charge < -0.3 is 10.1 Å². The average molecular weight is 452 g/mol. The van der Waals surface area contributed by atoms with Crippen LogP contribution in [-0.2, 0) is 0 Å². The zero-order chi connectivity index (χ0) is 23.5. The maximum Gasteiger partial charge on any atom is 0.277 e. The van der Waals surface area contributed by atoms with Gasteiger partial charge in [-0.25, -0.2) is 15.0 Å². The number of imidazole rings is 1. The van der Waals surface area contributed by atoms with E-state index in [9.17, 15) is 4.79 Å². The average Bonchev–Trinajstić information content (AvgIpc) is 3.49. The van der Waals surface area contributed by atoms with Crippen molar-refractivity contribution in [2.24, 2.45) is 0 Å². The molecule has 0 saturated heterocycles. The van der Waals surface area contributed by atoms with Gasteiger partial charge in [0.2, 0.25) is 5.88 Å². The highest BCUT2D eigenvalue weighted by molar-refractivity contribution is 6.02. The van der Waals surface area contributed by atoms with Crippen LogP contribution in [0.3, 0.4) is 0 Å². The van der Waals surface area contributed by atoms with Crippen LogP contribution < -0.4 is 10.1 Å². The van der Waals surface area contributed by atoms with E-state index in [1.165, 1.54) is 17.3 Å². The van der Waals surface area contributed by atoms with E-state index in [0.717, 1.165) is 17.1 Å². The highest BCUT2D eigenvalue weighted by Gasteiger charge is 2.12. The number of para-hydroxylation sites is 1. The predicted molar refractivity (Wildman–Crippen MR) is 124 cm³/mol. The van der Waals surface area contributed by atoms with Crippen LogP contribution in [-0.4, -0.2) is 40.4 Å². The number of carbonyl (C=O) groups excluding carboxylic acids is 1. The van der Waals surface area contributed by atoms with Crippen LogP contribution in [0, 0.1) is 13.8 Å². The third-order valence-electron chi connectivity index (χ3n) is 5.17. The summed E-state index contributed by atoms with van der Waals surface area (Å²) in [5.74, 6) is 1.26. The van der Waals surface area contributed by atoms with Crippen molar-refractivity contribution < 1.29 is 9.53 Å². The molecule has 3 heterocycles. The van der Waals surface area contributed by atoms with E-state index < -0.39 is 0 Å². The predicted octanol–water partition coefficient (Wildman–Crippen LogP) is 3.90. The monoisotopic (exact) mass is 452 g/mol. The number of hydrogen-bond donors (Lipinski definition) is 1. The molecule has 0 aliphatic rings. The number of hydrogen-bond acceptors (Lipinski definition) is 7. The molecule has 1 N–H and O–H groups in total. The first-order chi connectivity index (χ1) is 16.6. The van der Waals surface area contributed by atoms with Crippen molar-refractivity contribution in [1.29, 1.82) is 0 Å². The Morgan fingerprint density at radius 2 is 1.76 bits per heavy atom. The molecule has 10 nitrogen and oxygen atoms in total. The van der Waals surface area contributed by atoms with E-state index >= 15 is 0 Å². The van der Waals surface area contributed by atoms with Gasteiger partial charge in [-0.2, -0.15) is 9.90 Å². The van der Waals surface area contributed by atoms with Crippen LogP contribution in [0.25, 0.3) is 11.5 Å². The number of nitrogens with one attached hydrogen (secondary N) is 1. The Balaban J connectivity index is 1.25. The fraction of sp³-hybridized carbons (Fsp3) is 0.0833. The number of benzene rings is 2. The Morgan fingerprint density at radius 3 is 2.50 bits per heavy atom. The molecule has 2 aromatic carbocycles. The van der Waals surface area contributed by atoms with Crippen LogP contribution >= 0.6 is 0 Å². The second-order valence-corrected chi connectivity index (χ2v) is 7.44. The number of carbonyl (C=O) groups is 1. The number of nitrogens with zero attached hydrogens (tertiary/aromatic N) is 7. The van der Waals surface area contributed by atoms with Gasteiger partial charge in [0.05, 0.1) is 17.6 Å². The molecule has 3 aromatic heterocycles. The smallest absolute Gasteiger partial charge is 0.277 e. The first kappa shape index (κ1) is 21.0. The van der Waals surface area contributed by atoms with Gasteiger partial charge >= 0.3 is 0 Å². The van der Waals surface area contributed by atoms with Crippen molar-refractivity contribution in [3.8, 4) is 23.1 Å². The summed E-state index contributed by atoms with van der Waals surface area (Å²) in [5, 5.41) is 11.2. The fourth-order valence-corrected chi connectivity index (χ4v) is 3.22. The topological polar surface area (TPSA) is 113 Å². The second kappa shape index (κ2) is 8.94. The minimum Gasteiger partial charge on any atom is -0.439 e. The Bertz CT molecular complexity index is 1440. The van der Waals surface area contributed by atoms with Crippen LogP contribution in [0.5, 0.6) is 11.6 Å². The van der Waals surface area contributed by atoms with Crippen molar-refractivity contribution in [2.75, 3.05) is 5.32 Å². The van der Waals surface area contributed by atoms with Gasteiger partial charge in [0.15, 0.2) is 5.69 Å². The second-order valence-electron chi connectivity index (χ2n) is 7.44. The van der Waals surface area contributed by atoms with Crippen LogP contribution in [0.15, 0.2) is 79.5 Å². The third kappa shape index (κ3) is 4.37. The maximum atomic E-state index is 12.6. The molecular weight excluding hydrogens is 432 g/mol. The molecule has 1 amide bonds. The summed E-state index contributed by atoms with van der Waals surface area (Å²) in [5.41, 5.74) is 3.51. The van der Waals surface area contributed by atoms with Gasteiger partial charge in [-0.3, -0.25) is 9.36 Å². The number of anilines is 1. The minimum absolute atomic E-state index is 0.211. The molecule has 10 heteroatoms. The Hall–Kier alpha value is -4.86. The number of aryl methyl sites for hydroxylation is 1. The highest BCUT2D eigenvalue weighted by Crippen LogP contribution is 2.23. The molecule has 168 valence electrons. The summed E-state index contributed by atoms with van der Waals surface area (Å²) in [6.45, 7) is 3.91. The fourth-order valence-electron chi connectivity index (χ4n) is 3.22. The first-order valence-electron chi connectivity index (χ1n) is 10.5. The normalized spacial score (nSPS) is 10.8. The van der Waals surface area contributed by atoms with Crippen molar-refractivity contribution in [1.82, 2.24) is 34.5 Å². The first-order valence-corrected chi connectivity index (χ1v) is 10.5. The van der Waals surface area contributed by atoms with E-state index in [1.54, 1.807) is 36.7 Å². The summed E-state index contributed by atoms with van der Waals surface area (Å²) in [4.78, 5) is 26.7. The van der Waals surface area contributed by atoms with E-state index in [0.29, 0.717) is 23.1 Å². The Labute approximate surface area is 194 Å². The lowest BCUT2D eigenvalue weighted by Crippen LogP contribution is -2.13. The van der Waals surface area contributed by atoms with Crippen LogP contribution in [0.4, 0.5) is 5.69 Å². The van der Waals surface area contributed by atoms with Crippen molar-refractivity contribution in [3.63, 3.8) is 0 Å². The van der Waals surface area contributed by atoms with Gasteiger partial charge in [-0.05, 0) is 50.2 Å². The minimum atomic E-state index is -0.359. The summed E-state index contributed by atoms with van der Waals surface area (Å²) in [7, 11) is 0. The van der Waals surface area contributed by atoms with Crippen molar-refractivity contribution in [3.05, 3.63) is 96.6 Å². The van der Waals surface area contributed by atoms with E-state index in [4.69, 9.17) is 4.74 Å². The van der Waals surface area contributed by atoms with Crippen LogP contribution in [0.1, 0.15) is 21.9 Å². The Kier molecular flexibility index (Phi) is 5.53. The van der Waals surface area contributed by atoms with E-state index in [2.05, 4.69) is 30.5 Å². The quantitative estimate of drug-likeness (QED) is 0.416. The molecular formula is C24H20N8O2. The molecule has 0 aliphatic heterocycles. The standard InChI is InChI=1S/C24H20N8O2/c1-16-17(2)31(15-27-16)22-12-23(26-14-25-22)34-20-10-8-18(9-11-20)29-24(33)21-13-28-32(30-21)19-6-4-3-5-7-19/h3-15H,1-2H3,(H,29,33). The highest BCUT2D eigenvalue weighted by atomic mass is 16.5. The zero-order valence-electron chi connectivity index (χ0n) is 18.5. The lowest BCUT2D eigenvalue weighted by Gasteiger charge is -2.09. The van der Waals surface area contributed by atoms with Crippen LogP contribution in [0.2, 0.25) is 0 Å².